The molecule has 0 aromatic heterocycles. The van der Waals surface area contributed by atoms with Crippen LogP contribution in [0.1, 0.15) is 76.2 Å². The lowest BCUT2D eigenvalue weighted by Crippen LogP contribution is -2.38. The highest BCUT2D eigenvalue weighted by Gasteiger charge is 2.43. The van der Waals surface area contributed by atoms with Gasteiger partial charge in [0, 0.05) is 41.5 Å². The normalized spacial score (nSPS) is 24.8. The summed E-state index contributed by atoms with van der Waals surface area (Å²) in [6, 6.07) is 6.16. The SMILES string of the molecule is CC1=NC2=C(C(=O)CCC2)[C@@H](c2ccc([N+](=O)[O-])cc2)C1C(=O)OC1CCCCCC1. The number of aliphatic imine (C=N–C) groups is 1. The Morgan fingerprint density at radius 2 is 1.74 bits per heavy atom. The molecule has 4 rings (SSSR count). The van der Waals surface area contributed by atoms with Gasteiger partial charge in [-0.05, 0) is 51.0 Å². The van der Waals surface area contributed by atoms with Crippen LogP contribution >= 0.6 is 0 Å². The molecule has 1 aromatic carbocycles. The molecule has 0 bridgehead atoms. The smallest absolute Gasteiger partial charge is 0.315 e. The van der Waals surface area contributed by atoms with Crippen LogP contribution in [0.4, 0.5) is 5.69 Å². The number of ketones is 1. The molecule has 3 aliphatic rings. The third-order valence-corrected chi connectivity index (χ3v) is 6.64. The van der Waals surface area contributed by atoms with E-state index in [0.717, 1.165) is 50.6 Å². The fourth-order valence-electron chi connectivity index (χ4n) is 5.07. The molecule has 1 aromatic rings. The Labute approximate surface area is 181 Å². The summed E-state index contributed by atoms with van der Waals surface area (Å²) in [6.45, 7) is 1.82. The third kappa shape index (κ3) is 4.45. The number of rotatable bonds is 4. The summed E-state index contributed by atoms with van der Waals surface area (Å²) in [7, 11) is 0. The molecular formula is C24H28N2O5. The summed E-state index contributed by atoms with van der Waals surface area (Å²) in [6.07, 6.45) is 7.93. The summed E-state index contributed by atoms with van der Waals surface area (Å²) in [4.78, 5) is 41.6. The first-order chi connectivity index (χ1) is 15.0. The first-order valence-electron chi connectivity index (χ1n) is 11.2. The highest BCUT2D eigenvalue weighted by atomic mass is 16.6. The van der Waals surface area contributed by atoms with Crippen molar-refractivity contribution in [2.45, 2.75) is 76.7 Å². The molecule has 0 N–H and O–H groups in total. The van der Waals surface area contributed by atoms with Crippen molar-refractivity contribution < 1.29 is 19.2 Å². The van der Waals surface area contributed by atoms with E-state index < -0.39 is 16.8 Å². The second-order valence-corrected chi connectivity index (χ2v) is 8.74. The molecule has 0 saturated heterocycles. The van der Waals surface area contributed by atoms with Crippen molar-refractivity contribution in [2.75, 3.05) is 0 Å². The van der Waals surface area contributed by atoms with E-state index in [1.54, 1.807) is 12.1 Å². The lowest BCUT2D eigenvalue weighted by Gasteiger charge is -2.35. The van der Waals surface area contributed by atoms with Crippen molar-refractivity contribution >= 4 is 23.2 Å². The van der Waals surface area contributed by atoms with Crippen molar-refractivity contribution in [3.63, 3.8) is 0 Å². The molecule has 7 heteroatoms. The number of non-ortho nitro benzene ring substituents is 1. The van der Waals surface area contributed by atoms with Gasteiger partial charge in [-0.25, -0.2) is 0 Å². The lowest BCUT2D eigenvalue weighted by atomic mass is 9.71. The molecule has 2 atom stereocenters. The fourth-order valence-corrected chi connectivity index (χ4v) is 5.07. The van der Waals surface area contributed by atoms with Crippen molar-refractivity contribution in [1.82, 2.24) is 0 Å². The van der Waals surface area contributed by atoms with Crippen LogP contribution < -0.4 is 0 Å². The fraction of sp³-hybridized carbons (Fsp3) is 0.542. The minimum absolute atomic E-state index is 0.00752. The number of ether oxygens (including phenoxy) is 1. The van der Waals surface area contributed by atoms with Gasteiger partial charge in [0.15, 0.2) is 5.78 Å². The van der Waals surface area contributed by atoms with Crippen LogP contribution in [0, 0.1) is 16.0 Å². The van der Waals surface area contributed by atoms with Gasteiger partial charge in [0.2, 0.25) is 0 Å². The number of carbonyl (C=O) groups excluding carboxylic acids is 2. The van der Waals surface area contributed by atoms with E-state index in [1.165, 1.54) is 12.1 Å². The summed E-state index contributed by atoms with van der Waals surface area (Å²) < 4.78 is 5.95. The molecule has 0 radical (unpaired) electrons. The van der Waals surface area contributed by atoms with Crippen LogP contribution in [0.15, 0.2) is 40.5 Å². The van der Waals surface area contributed by atoms with Crippen LogP contribution in [0.25, 0.3) is 0 Å². The predicted molar refractivity (Wildman–Crippen MR) is 116 cm³/mol. The van der Waals surface area contributed by atoms with Crippen LogP contribution in [-0.4, -0.2) is 28.5 Å². The average Bonchev–Trinajstić information content (AvgIpc) is 3.01. The van der Waals surface area contributed by atoms with Crippen molar-refractivity contribution in [3.05, 3.63) is 51.2 Å². The van der Waals surface area contributed by atoms with Crippen LogP contribution in [0.3, 0.4) is 0 Å². The first kappa shape index (κ1) is 21.4. The first-order valence-corrected chi connectivity index (χ1v) is 11.2. The second-order valence-electron chi connectivity index (χ2n) is 8.74. The van der Waals surface area contributed by atoms with Crippen LogP contribution in [0.5, 0.6) is 0 Å². The largest absolute Gasteiger partial charge is 0.462 e. The summed E-state index contributed by atoms with van der Waals surface area (Å²) in [5, 5.41) is 11.1. The number of nitro benzene ring substituents is 1. The number of Topliss-reactive ketones (excluding diaryl/α,β-unsaturated/α-hetero) is 1. The van der Waals surface area contributed by atoms with Gasteiger partial charge in [0.1, 0.15) is 12.0 Å². The maximum atomic E-state index is 13.4. The lowest BCUT2D eigenvalue weighted by molar-refractivity contribution is -0.384. The Morgan fingerprint density at radius 1 is 1.06 bits per heavy atom. The van der Waals surface area contributed by atoms with E-state index in [2.05, 4.69) is 4.99 Å². The molecule has 2 aliphatic carbocycles. The maximum Gasteiger partial charge on any atom is 0.315 e. The van der Waals surface area contributed by atoms with Crippen molar-refractivity contribution in [1.29, 1.82) is 0 Å². The molecule has 1 heterocycles. The molecule has 1 unspecified atom stereocenters. The summed E-state index contributed by atoms with van der Waals surface area (Å²) in [5.74, 6) is -1.54. The monoisotopic (exact) mass is 424 g/mol. The molecule has 1 saturated carbocycles. The Balaban J connectivity index is 1.70. The number of esters is 1. The van der Waals surface area contributed by atoms with Gasteiger partial charge in [0.25, 0.3) is 5.69 Å². The number of benzene rings is 1. The van der Waals surface area contributed by atoms with Gasteiger partial charge in [-0.2, -0.15) is 0 Å². The molecule has 31 heavy (non-hydrogen) atoms. The van der Waals surface area contributed by atoms with Gasteiger partial charge in [-0.15, -0.1) is 0 Å². The maximum absolute atomic E-state index is 13.4. The van der Waals surface area contributed by atoms with E-state index in [0.29, 0.717) is 29.7 Å². The molecule has 0 spiro atoms. The molecular weight excluding hydrogens is 396 g/mol. The Kier molecular flexibility index (Phi) is 6.30. The standard InChI is InChI=1S/C24H28N2O5/c1-15-21(24(28)31-18-7-4-2-3-5-8-18)22(16-11-13-17(14-12-16)26(29)30)23-19(25-15)9-6-10-20(23)27/h11-14,18,21-22H,2-10H2,1H3/t21?,22-/m0/s1. The van der Waals surface area contributed by atoms with Crippen LogP contribution in [-0.2, 0) is 14.3 Å². The Bertz CT molecular complexity index is 939. The minimum atomic E-state index is -0.689. The highest BCUT2D eigenvalue weighted by molar-refractivity contribution is 6.08. The van der Waals surface area contributed by atoms with E-state index in [4.69, 9.17) is 4.74 Å². The number of hydrogen-bond acceptors (Lipinski definition) is 6. The van der Waals surface area contributed by atoms with Gasteiger partial charge in [-0.1, -0.05) is 25.0 Å². The van der Waals surface area contributed by atoms with Crippen molar-refractivity contribution in [2.24, 2.45) is 10.9 Å². The molecule has 0 amide bonds. The summed E-state index contributed by atoms with van der Waals surface area (Å²) >= 11 is 0. The molecule has 1 fully saturated rings. The molecule has 164 valence electrons. The van der Waals surface area contributed by atoms with E-state index >= 15 is 0 Å². The zero-order valence-corrected chi connectivity index (χ0v) is 17.8. The van der Waals surface area contributed by atoms with Crippen molar-refractivity contribution in [3.8, 4) is 0 Å². The van der Waals surface area contributed by atoms with Gasteiger partial charge in [0.05, 0.1) is 4.92 Å². The van der Waals surface area contributed by atoms with E-state index in [-0.39, 0.29) is 23.5 Å². The van der Waals surface area contributed by atoms with E-state index in [9.17, 15) is 19.7 Å². The van der Waals surface area contributed by atoms with E-state index in [1.807, 2.05) is 6.92 Å². The van der Waals surface area contributed by atoms with Gasteiger partial charge < -0.3 is 4.74 Å². The zero-order chi connectivity index (χ0) is 22.0. The highest BCUT2D eigenvalue weighted by Crippen LogP contribution is 2.44. The number of hydrogen-bond donors (Lipinski definition) is 0. The summed E-state index contributed by atoms with van der Waals surface area (Å²) in [5.41, 5.74) is 2.66. The minimum Gasteiger partial charge on any atom is -0.462 e. The quantitative estimate of drug-likeness (QED) is 0.292. The molecule has 7 nitrogen and oxygen atoms in total. The number of allylic oxidation sites excluding steroid dienone is 2. The Morgan fingerprint density at radius 3 is 2.39 bits per heavy atom. The van der Waals surface area contributed by atoms with Gasteiger partial charge >= 0.3 is 5.97 Å². The zero-order valence-electron chi connectivity index (χ0n) is 17.8. The van der Waals surface area contributed by atoms with Crippen LogP contribution in [0.2, 0.25) is 0 Å². The second kappa shape index (κ2) is 9.12. The topological polar surface area (TPSA) is 98.9 Å². The Hall–Kier alpha value is -2.83. The average molecular weight is 424 g/mol. The number of nitro groups is 1. The number of carbonyl (C=O) groups is 2. The van der Waals surface area contributed by atoms with Gasteiger partial charge in [-0.3, -0.25) is 24.7 Å². The third-order valence-electron chi connectivity index (χ3n) is 6.64. The predicted octanol–water partition coefficient (Wildman–Crippen LogP) is 5.04. The number of nitrogens with zero attached hydrogens (tertiary/aromatic N) is 2. The molecule has 1 aliphatic heterocycles.